The smallest absolute Gasteiger partial charge is 0.223 e. The highest BCUT2D eigenvalue weighted by molar-refractivity contribution is 5.78. The van der Waals surface area contributed by atoms with Gasteiger partial charge in [-0.1, -0.05) is 13.8 Å². The molecule has 0 radical (unpaired) electrons. The Balaban J connectivity index is 2.12. The maximum atomic E-state index is 11.9. The second-order valence-electron chi connectivity index (χ2n) is 5.66. The van der Waals surface area contributed by atoms with E-state index in [0.717, 1.165) is 44.6 Å². The van der Waals surface area contributed by atoms with Crippen molar-refractivity contribution < 1.29 is 4.79 Å². The van der Waals surface area contributed by atoms with Crippen molar-refractivity contribution in [1.29, 1.82) is 0 Å². The first-order valence-corrected chi connectivity index (χ1v) is 7.08. The number of nitrogens with one attached hydrogen (secondary N) is 2. The Morgan fingerprint density at radius 1 is 1.24 bits per heavy atom. The normalized spacial score (nSPS) is 24.9. The first kappa shape index (κ1) is 14.5. The van der Waals surface area contributed by atoms with E-state index in [9.17, 15) is 4.79 Å². The van der Waals surface area contributed by atoms with Gasteiger partial charge in [0.15, 0.2) is 0 Å². The lowest BCUT2D eigenvalue weighted by atomic mass is 9.85. The predicted molar refractivity (Wildman–Crippen MR) is 71.9 cm³/mol. The first-order valence-electron chi connectivity index (χ1n) is 7.08. The molecule has 0 atom stereocenters. The average Bonchev–Trinajstić information content (AvgIpc) is 2.34. The zero-order valence-electron chi connectivity index (χ0n) is 11.6. The largest absolute Gasteiger partial charge is 0.356 e. The van der Waals surface area contributed by atoms with Gasteiger partial charge < -0.3 is 10.6 Å². The second-order valence-corrected chi connectivity index (χ2v) is 5.66. The summed E-state index contributed by atoms with van der Waals surface area (Å²) in [6.45, 7) is 5.30. The summed E-state index contributed by atoms with van der Waals surface area (Å²) in [5.41, 5.74) is 0. The van der Waals surface area contributed by atoms with Crippen LogP contribution in [0.4, 0.5) is 0 Å². The molecule has 100 valence electrons. The van der Waals surface area contributed by atoms with Gasteiger partial charge in [0.05, 0.1) is 0 Å². The molecule has 0 spiro atoms. The Morgan fingerprint density at radius 2 is 1.88 bits per heavy atom. The van der Waals surface area contributed by atoms with Gasteiger partial charge in [-0.05, 0) is 51.5 Å². The van der Waals surface area contributed by atoms with Crippen molar-refractivity contribution in [1.82, 2.24) is 10.6 Å². The van der Waals surface area contributed by atoms with E-state index in [0.29, 0.717) is 6.04 Å². The predicted octanol–water partition coefficient (Wildman–Crippen LogP) is 2.32. The highest BCUT2D eigenvalue weighted by atomic mass is 16.1. The van der Waals surface area contributed by atoms with Crippen molar-refractivity contribution in [3.63, 3.8) is 0 Å². The Hall–Kier alpha value is -0.570. The van der Waals surface area contributed by atoms with Crippen LogP contribution < -0.4 is 10.6 Å². The molecule has 2 N–H and O–H groups in total. The number of carbonyl (C=O) groups excluding carboxylic acids is 1. The fourth-order valence-corrected chi connectivity index (χ4v) is 2.51. The summed E-state index contributed by atoms with van der Waals surface area (Å²) in [6.07, 6.45) is 6.67. The maximum absolute atomic E-state index is 11.9. The third kappa shape index (κ3) is 5.53. The van der Waals surface area contributed by atoms with E-state index in [2.05, 4.69) is 24.5 Å². The molecule has 0 aliphatic heterocycles. The lowest BCUT2D eigenvalue weighted by molar-refractivity contribution is -0.126. The minimum Gasteiger partial charge on any atom is -0.356 e. The Kier molecular flexibility index (Phi) is 6.56. The van der Waals surface area contributed by atoms with Crippen molar-refractivity contribution in [2.24, 2.45) is 11.8 Å². The van der Waals surface area contributed by atoms with Crippen molar-refractivity contribution in [2.45, 2.75) is 58.4 Å². The highest BCUT2D eigenvalue weighted by Crippen LogP contribution is 2.24. The molecule has 0 bridgehead atoms. The van der Waals surface area contributed by atoms with Crippen LogP contribution in [0, 0.1) is 11.8 Å². The van der Waals surface area contributed by atoms with E-state index in [1.54, 1.807) is 0 Å². The molecule has 0 saturated heterocycles. The standard InChI is InChI=1S/C14H28N2O/c1-11(2)5-4-10-16-14(17)12-6-8-13(15-3)9-7-12/h11-13,15H,4-10H2,1-3H3,(H,16,17). The summed E-state index contributed by atoms with van der Waals surface area (Å²) in [5.74, 6) is 1.28. The molecule has 0 aromatic rings. The fraction of sp³-hybridized carbons (Fsp3) is 0.929. The number of rotatable bonds is 6. The summed E-state index contributed by atoms with van der Waals surface area (Å²) in [5, 5.41) is 6.38. The molecular formula is C14H28N2O. The SMILES string of the molecule is CNC1CCC(C(=O)NCCCC(C)C)CC1. The van der Waals surface area contributed by atoms with Crippen LogP contribution in [0.1, 0.15) is 52.4 Å². The Labute approximate surface area is 106 Å². The maximum Gasteiger partial charge on any atom is 0.223 e. The van der Waals surface area contributed by atoms with Crippen molar-refractivity contribution in [2.75, 3.05) is 13.6 Å². The molecule has 1 rings (SSSR count). The summed E-state index contributed by atoms with van der Waals surface area (Å²) in [6, 6.07) is 0.625. The van der Waals surface area contributed by atoms with Gasteiger partial charge in [-0.2, -0.15) is 0 Å². The van der Waals surface area contributed by atoms with Crippen LogP contribution in [0.3, 0.4) is 0 Å². The van der Waals surface area contributed by atoms with Gasteiger partial charge in [0.1, 0.15) is 0 Å². The van der Waals surface area contributed by atoms with Gasteiger partial charge in [0.2, 0.25) is 5.91 Å². The van der Waals surface area contributed by atoms with E-state index >= 15 is 0 Å². The van der Waals surface area contributed by atoms with E-state index in [4.69, 9.17) is 0 Å². The zero-order chi connectivity index (χ0) is 12.7. The van der Waals surface area contributed by atoms with Gasteiger partial charge in [-0.3, -0.25) is 4.79 Å². The molecule has 1 amide bonds. The lowest BCUT2D eigenvalue weighted by Gasteiger charge is -2.27. The van der Waals surface area contributed by atoms with Gasteiger partial charge in [0.25, 0.3) is 0 Å². The van der Waals surface area contributed by atoms with Crippen LogP contribution in [-0.4, -0.2) is 25.5 Å². The average molecular weight is 240 g/mol. The van der Waals surface area contributed by atoms with E-state index in [1.807, 2.05) is 7.05 Å². The molecule has 1 aliphatic rings. The van der Waals surface area contributed by atoms with Gasteiger partial charge in [-0.15, -0.1) is 0 Å². The zero-order valence-corrected chi connectivity index (χ0v) is 11.6. The van der Waals surface area contributed by atoms with Crippen molar-refractivity contribution >= 4 is 5.91 Å². The third-order valence-corrected chi connectivity index (χ3v) is 3.76. The molecule has 0 heterocycles. The second kappa shape index (κ2) is 7.70. The van der Waals surface area contributed by atoms with E-state index in [1.165, 1.54) is 6.42 Å². The van der Waals surface area contributed by atoms with Gasteiger partial charge >= 0.3 is 0 Å². The van der Waals surface area contributed by atoms with Gasteiger partial charge in [0, 0.05) is 18.5 Å². The van der Waals surface area contributed by atoms with Crippen molar-refractivity contribution in [3.05, 3.63) is 0 Å². The Morgan fingerprint density at radius 3 is 2.41 bits per heavy atom. The Bertz CT molecular complexity index is 220. The number of carbonyl (C=O) groups is 1. The molecule has 0 aromatic heterocycles. The monoisotopic (exact) mass is 240 g/mol. The number of hydrogen-bond donors (Lipinski definition) is 2. The molecule has 0 aromatic carbocycles. The van der Waals surface area contributed by atoms with E-state index in [-0.39, 0.29) is 11.8 Å². The van der Waals surface area contributed by atoms with Crippen molar-refractivity contribution in [3.8, 4) is 0 Å². The minimum atomic E-state index is 0.263. The number of amides is 1. The molecular weight excluding hydrogens is 212 g/mol. The molecule has 17 heavy (non-hydrogen) atoms. The van der Waals surface area contributed by atoms with Crippen LogP contribution in [0.2, 0.25) is 0 Å². The molecule has 3 heteroatoms. The summed E-state index contributed by atoms with van der Waals surface area (Å²) in [7, 11) is 2.01. The van der Waals surface area contributed by atoms with E-state index < -0.39 is 0 Å². The van der Waals surface area contributed by atoms with Crippen LogP contribution >= 0.6 is 0 Å². The quantitative estimate of drug-likeness (QED) is 0.700. The highest BCUT2D eigenvalue weighted by Gasteiger charge is 2.24. The van der Waals surface area contributed by atoms with Crippen LogP contribution in [0.25, 0.3) is 0 Å². The van der Waals surface area contributed by atoms with Crippen LogP contribution in [0.15, 0.2) is 0 Å². The lowest BCUT2D eigenvalue weighted by Crippen LogP contribution is -2.37. The topological polar surface area (TPSA) is 41.1 Å². The minimum absolute atomic E-state index is 0.263. The molecule has 3 nitrogen and oxygen atoms in total. The molecule has 1 fully saturated rings. The summed E-state index contributed by atoms with van der Waals surface area (Å²) in [4.78, 5) is 11.9. The van der Waals surface area contributed by atoms with Gasteiger partial charge in [-0.25, -0.2) is 0 Å². The molecule has 1 saturated carbocycles. The molecule has 1 aliphatic carbocycles. The van der Waals surface area contributed by atoms with Crippen LogP contribution in [-0.2, 0) is 4.79 Å². The summed E-state index contributed by atoms with van der Waals surface area (Å²) >= 11 is 0. The molecule has 0 unspecified atom stereocenters. The summed E-state index contributed by atoms with van der Waals surface area (Å²) < 4.78 is 0. The fourth-order valence-electron chi connectivity index (χ4n) is 2.51. The van der Waals surface area contributed by atoms with Crippen LogP contribution in [0.5, 0.6) is 0 Å². The number of hydrogen-bond acceptors (Lipinski definition) is 2. The first-order chi connectivity index (χ1) is 8.13. The third-order valence-electron chi connectivity index (χ3n) is 3.76.